The highest BCUT2D eigenvalue weighted by Crippen LogP contribution is 2.30. The molecule has 150 valence electrons. The first-order valence-corrected chi connectivity index (χ1v) is 10.5. The van der Waals surface area contributed by atoms with Gasteiger partial charge >= 0.3 is 0 Å². The standard InChI is InChI=1S/C24H21N3O2S/c1-2-15-27-23(28)22(16-18-9-5-3-6-10-18)30-24(27)26-25-17-20-13-14-21(29-20)19-11-7-4-8-12-19/h2-14,17,22H,1,15-16H2/b25-17+,26-24+/t22-/m1/s1. The molecule has 2 aromatic carbocycles. The Kier molecular flexibility index (Phi) is 6.25. The summed E-state index contributed by atoms with van der Waals surface area (Å²) < 4.78 is 5.81. The maximum Gasteiger partial charge on any atom is 0.242 e. The van der Waals surface area contributed by atoms with Gasteiger partial charge in [-0.25, -0.2) is 0 Å². The van der Waals surface area contributed by atoms with Gasteiger partial charge in [0, 0.05) is 12.1 Å². The monoisotopic (exact) mass is 415 g/mol. The molecule has 1 fully saturated rings. The van der Waals surface area contributed by atoms with Crippen LogP contribution in [-0.4, -0.2) is 34.0 Å². The molecule has 1 aliphatic rings. The summed E-state index contributed by atoms with van der Waals surface area (Å²) in [6.07, 6.45) is 3.90. The lowest BCUT2D eigenvalue weighted by Crippen LogP contribution is -2.32. The highest BCUT2D eigenvalue weighted by Gasteiger charge is 2.37. The third-order valence-electron chi connectivity index (χ3n) is 4.61. The van der Waals surface area contributed by atoms with Crippen molar-refractivity contribution in [1.82, 2.24) is 4.90 Å². The molecule has 0 radical (unpaired) electrons. The lowest BCUT2D eigenvalue weighted by molar-refractivity contribution is -0.125. The summed E-state index contributed by atoms with van der Waals surface area (Å²) in [6, 6.07) is 23.6. The molecule has 0 bridgehead atoms. The van der Waals surface area contributed by atoms with Crippen molar-refractivity contribution in [3.05, 3.63) is 96.8 Å². The molecule has 1 saturated heterocycles. The third-order valence-corrected chi connectivity index (χ3v) is 5.77. The van der Waals surface area contributed by atoms with E-state index in [1.807, 2.05) is 72.8 Å². The van der Waals surface area contributed by atoms with E-state index in [2.05, 4.69) is 16.8 Å². The van der Waals surface area contributed by atoms with Gasteiger partial charge in [-0.15, -0.1) is 11.7 Å². The number of hydrogen-bond acceptors (Lipinski definition) is 5. The molecule has 2 heterocycles. The van der Waals surface area contributed by atoms with Gasteiger partial charge in [0.2, 0.25) is 5.91 Å². The van der Waals surface area contributed by atoms with Crippen LogP contribution in [0.1, 0.15) is 11.3 Å². The fraction of sp³-hybridized carbons (Fsp3) is 0.125. The van der Waals surface area contributed by atoms with Crippen molar-refractivity contribution in [2.75, 3.05) is 6.54 Å². The van der Waals surface area contributed by atoms with E-state index >= 15 is 0 Å². The number of furan rings is 1. The fourth-order valence-corrected chi connectivity index (χ4v) is 4.30. The molecule has 1 amide bonds. The molecule has 5 nitrogen and oxygen atoms in total. The average Bonchev–Trinajstić information content (AvgIpc) is 3.36. The van der Waals surface area contributed by atoms with Crippen molar-refractivity contribution in [3.63, 3.8) is 0 Å². The molecule has 0 aliphatic carbocycles. The highest BCUT2D eigenvalue weighted by molar-refractivity contribution is 8.15. The smallest absolute Gasteiger partial charge is 0.242 e. The Balaban J connectivity index is 1.48. The predicted molar refractivity (Wildman–Crippen MR) is 123 cm³/mol. The van der Waals surface area contributed by atoms with Crippen molar-refractivity contribution in [1.29, 1.82) is 0 Å². The predicted octanol–water partition coefficient (Wildman–Crippen LogP) is 5.01. The molecule has 0 saturated carbocycles. The Labute approximate surface area is 179 Å². The van der Waals surface area contributed by atoms with Gasteiger partial charge in [-0.05, 0) is 24.1 Å². The summed E-state index contributed by atoms with van der Waals surface area (Å²) in [5, 5.41) is 8.81. The zero-order valence-electron chi connectivity index (χ0n) is 16.3. The van der Waals surface area contributed by atoms with Gasteiger partial charge in [-0.3, -0.25) is 9.69 Å². The van der Waals surface area contributed by atoms with Crippen molar-refractivity contribution in [3.8, 4) is 11.3 Å². The van der Waals surface area contributed by atoms with Gasteiger partial charge in [-0.2, -0.15) is 5.10 Å². The van der Waals surface area contributed by atoms with E-state index in [0.717, 1.165) is 16.9 Å². The summed E-state index contributed by atoms with van der Waals surface area (Å²) >= 11 is 1.43. The van der Waals surface area contributed by atoms with Crippen LogP contribution in [0.4, 0.5) is 0 Å². The van der Waals surface area contributed by atoms with Crippen LogP contribution in [0, 0.1) is 0 Å². The number of hydrogen-bond donors (Lipinski definition) is 0. The van der Waals surface area contributed by atoms with E-state index < -0.39 is 0 Å². The number of carbonyl (C=O) groups is 1. The summed E-state index contributed by atoms with van der Waals surface area (Å²) in [5.41, 5.74) is 2.12. The molecule has 4 rings (SSSR count). The minimum atomic E-state index is -0.213. The lowest BCUT2D eigenvalue weighted by atomic mass is 10.1. The van der Waals surface area contributed by atoms with Crippen LogP contribution in [0.25, 0.3) is 11.3 Å². The molecule has 1 aliphatic heterocycles. The van der Waals surface area contributed by atoms with Crippen molar-refractivity contribution in [2.45, 2.75) is 11.7 Å². The molecule has 6 heteroatoms. The number of carbonyl (C=O) groups excluding carboxylic acids is 1. The molecule has 1 atom stereocenters. The number of amides is 1. The van der Waals surface area contributed by atoms with Crippen molar-refractivity contribution >= 4 is 29.1 Å². The number of amidine groups is 1. The molecule has 1 aromatic heterocycles. The van der Waals surface area contributed by atoms with Gasteiger partial charge in [0.25, 0.3) is 0 Å². The molecule has 0 spiro atoms. The lowest BCUT2D eigenvalue weighted by Gasteiger charge is -2.12. The summed E-state index contributed by atoms with van der Waals surface area (Å²) in [4.78, 5) is 14.4. The molecule has 0 unspecified atom stereocenters. The Hall–Kier alpha value is -3.38. The van der Waals surface area contributed by atoms with E-state index in [1.54, 1.807) is 17.2 Å². The Morgan fingerprint density at radius 1 is 1.03 bits per heavy atom. The number of thioether (sulfide) groups is 1. The van der Waals surface area contributed by atoms with Crippen LogP contribution in [0.3, 0.4) is 0 Å². The van der Waals surface area contributed by atoms with Crippen molar-refractivity contribution < 1.29 is 9.21 Å². The van der Waals surface area contributed by atoms with Crippen LogP contribution < -0.4 is 0 Å². The first kappa shape index (κ1) is 19.9. The maximum absolute atomic E-state index is 12.8. The van der Waals surface area contributed by atoms with Crippen LogP contribution in [0.2, 0.25) is 0 Å². The second-order valence-corrected chi connectivity index (χ2v) is 7.90. The Morgan fingerprint density at radius 2 is 1.77 bits per heavy atom. The summed E-state index contributed by atoms with van der Waals surface area (Å²) in [6.45, 7) is 4.16. The van der Waals surface area contributed by atoms with Crippen LogP contribution >= 0.6 is 11.8 Å². The zero-order chi connectivity index (χ0) is 20.8. The zero-order valence-corrected chi connectivity index (χ0v) is 17.2. The van der Waals surface area contributed by atoms with Crippen LogP contribution in [0.15, 0.2) is 100 Å². The topological polar surface area (TPSA) is 58.2 Å². The molecular formula is C24H21N3O2S. The van der Waals surface area contributed by atoms with Gasteiger partial charge in [-0.1, -0.05) is 78.5 Å². The highest BCUT2D eigenvalue weighted by atomic mass is 32.2. The normalized spacial score (nSPS) is 17.9. The van der Waals surface area contributed by atoms with Crippen LogP contribution in [-0.2, 0) is 11.2 Å². The van der Waals surface area contributed by atoms with Gasteiger partial charge in [0.1, 0.15) is 11.5 Å². The average molecular weight is 416 g/mol. The SMILES string of the molecule is C=CCN1C(=O)[C@@H](Cc2ccccc2)S/C1=N/N=C/c1ccc(-c2ccccc2)o1. The quantitative estimate of drug-likeness (QED) is 0.310. The van der Waals surface area contributed by atoms with Gasteiger partial charge in [0.05, 0.1) is 11.5 Å². The second kappa shape index (κ2) is 9.41. The van der Waals surface area contributed by atoms with E-state index in [0.29, 0.717) is 23.9 Å². The Morgan fingerprint density at radius 3 is 2.50 bits per heavy atom. The summed E-state index contributed by atoms with van der Waals surface area (Å²) in [7, 11) is 0. The molecular weight excluding hydrogens is 394 g/mol. The van der Waals surface area contributed by atoms with Gasteiger partial charge in [0.15, 0.2) is 5.17 Å². The molecule has 3 aromatic rings. The first-order chi connectivity index (χ1) is 14.7. The number of rotatable bonds is 7. The van der Waals surface area contributed by atoms with E-state index in [1.165, 1.54) is 11.8 Å². The first-order valence-electron chi connectivity index (χ1n) is 9.64. The molecule has 0 N–H and O–H groups in total. The van der Waals surface area contributed by atoms with Gasteiger partial charge < -0.3 is 4.42 Å². The third kappa shape index (κ3) is 4.60. The maximum atomic E-state index is 12.8. The number of benzene rings is 2. The second-order valence-electron chi connectivity index (χ2n) is 6.73. The van der Waals surface area contributed by atoms with E-state index in [4.69, 9.17) is 4.42 Å². The summed E-state index contributed by atoms with van der Waals surface area (Å²) in [5.74, 6) is 1.40. The largest absolute Gasteiger partial charge is 0.455 e. The van der Waals surface area contributed by atoms with Crippen molar-refractivity contribution in [2.24, 2.45) is 10.2 Å². The Bertz CT molecular complexity index is 1070. The fourth-order valence-electron chi connectivity index (χ4n) is 3.16. The van der Waals surface area contributed by atoms with E-state index in [9.17, 15) is 4.79 Å². The molecule has 30 heavy (non-hydrogen) atoms. The van der Waals surface area contributed by atoms with Crippen LogP contribution in [0.5, 0.6) is 0 Å². The number of nitrogens with zero attached hydrogens (tertiary/aromatic N) is 3. The minimum Gasteiger partial charge on any atom is -0.455 e. The van der Waals surface area contributed by atoms with E-state index in [-0.39, 0.29) is 11.2 Å². The minimum absolute atomic E-state index is 0.0297.